The molecule has 0 radical (unpaired) electrons. The molecule has 2 N–H and O–H groups in total. The molecule has 2 atom stereocenters. The molecule has 94 valence electrons. The predicted molar refractivity (Wildman–Crippen MR) is 68.6 cm³/mol. The van der Waals surface area contributed by atoms with E-state index in [0.29, 0.717) is 18.6 Å². The Labute approximate surface area is 103 Å². The van der Waals surface area contributed by atoms with Crippen LogP contribution < -0.4 is 5.73 Å². The fraction of sp³-hybridized carbons (Fsp3) is 0.643. The van der Waals surface area contributed by atoms with Gasteiger partial charge in [0.05, 0.1) is 18.4 Å². The highest BCUT2D eigenvalue weighted by Gasteiger charge is 2.24. The summed E-state index contributed by atoms with van der Waals surface area (Å²) in [5.41, 5.74) is 8.05. The van der Waals surface area contributed by atoms with Gasteiger partial charge in [0.1, 0.15) is 0 Å². The quantitative estimate of drug-likeness (QED) is 0.870. The molecule has 0 aliphatic heterocycles. The molecular weight excluding hydrogens is 212 g/mol. The maximum atomic E-state index is 6.01. The third-order valence-corrected chi connectivity index (χ3v) is 3.69. The standard InChI is InChI=1S/C14H22N2O/c1-11-5-4-8-16-13(11)10-17-14-7-3-2-6-12(14)9-15/h4-5,8,12,14H,2-3,6-7,9-10,15H2,1H3. The number of hydrogen-bond donors (Lipinski definition) is 1. The second kappa shape index (κ2) is 6.12. The van der Waals surface area contributed by atoms with Crippen molar-refractivity contribution in [3.8, 4) is 0 Å². The third-order valence-electron chi connectivity index (χ3n) is 3.69. The van der Waals surface area contributed by atoms with Crippen molar-refractivity contribution in [1.29, 1.82) is 0 Å². The number of hydrogen-bond acceptors (Lipinski definition) is 3. The first-order valence-electron chi connectivity index (χ1n) is 6.53. The van der Waals surface area contributed by atoms with Crippen molar-refractivity contribution in [3.05, 3.63) is 29.6 Å². The van der Waals surface area contributed by atoms with Crippen molar-refractivity contribution >= 4 is 0 Å². The van der Waals surface area contributed by atoms with Crippen LogP contribution in [0.2, 0.25) is 0 Å². The summed E-state index contributed by atoms with van der Waals surface area (Å²) in [6.07, 6.45) is 7.07. The second-order valence-corrected chi connectivity index (χ2v) is 4.90. The lowest BCUT2D eigenvalue weighted by atomic mass is 9.86. The lowest BCUT2D eigenvalue weighted by Crippen LogP contribution is -2.33. The van der Waals surface area contributed by atoms with Crippen molar-refractivity contribution < 1.29 is 4.74 Å². The molecule has 0 amide bonds. The molecule has 3 heteroatoms. The minimum atomic E-state index is 0.329. The van der Waals surface area contributed by atoms with Crippen LogP contribution in [0.3, 0.4) is 0 Å². The largest absolute Gasteiger partial charge is 0.372 e. The molecule has 3 nitrogen and oxygen atoms in total. The van der Waals surface area contributed by atoms with Gasteiger partial charge in [-0.1, -0.05) is 18.9 Å². The Balaban J connectivity index is 1.90. The topological polar surface area (TPSA) is 48.1 Å². The molecule has 1 aromatic rings. The van der Waals surface area contributed by atoms with E-state index >= 15 is 0 Å². The van der Waals surface area contributed by atoms with Gasteiger partial charge in [0.25, 0.3) is 0 Å². The highest BCUT2D eigenvalue weighted by Crippen LogP contribution is 2.26. The average Bonchev–Trinajstić information content (AvgIpc) is 2.38. The van der Waals surface area contributed by atoms with Crippen LogP contribution in [-0.4, -0.2) is 17.6 Å². The molecule has 2 unspecified atom stereocenters. The number of aryl methyl sites for hydroxylation is 1. The van der Waals surface area contributed by atoms with Crippen LogP contribution in [0.1, 0.15) is 36.9 Å². The Morgan fingerprint density at radius 1 is 1.41 bits per heavy atom. The maximum Gasteiger partial charge on any atom is 0.0894 e. The first-order chi connectivity index (χ1) is 8.31. The van der Waals surface area contributed by atoms with E-state index in [-0.39, 0.29) is 0 Å². The Morgan fingerprint density at radius 3 is 3.00 bits per heavy atom. The van der Waals surface area contributed by atoms with E-state index in [1.165, 1.54) is 24.8 Å². The number of rotatable bonds is 4. The molecule has 17 heavy (non-hydrogen) atoms. The van der Waals surface area contributed by atoms with Crippen molar-refractivity contribution in [3.63, 3.8) is 0 Å². The highest BCUT2D eigenvalue weighted by atomic mass is 16.5. The first-order valence-corrected chi connectivity index (χ1v) is 6.53. The van der Waals surface area contributed by atoms with Crippen LogP contribution in [-0.2, 0) is 11.3 Å². The van der Waals surface area contributed by atoms with E-state index < -0.39 is 0 Å². The Kier molecular flexibility index (Phi) is 4.51. The summed E-state index contributed by atoms with van der Waals surface area (Å²) < 4.78 is 6.01. The molecular formula is C14H22N2O. The molecule has 0 spiro atoms. The van der Waals surface area contributed by atoms with Gasteiger partial charge in [0, 0.05) is 6.20 Å². The molecule has 1 heterocycles. The summed E-state index contributed by atoms with van der Waals surface area (Å²) in [6.45, 7) is 3.44. The Hall–Kier alpha value is -0.930. The summed E-state index contributed by atoms with van der Waals surface area (Å²) >= 11 is 0. The number of pyridine rings is 1. The van der Waals surface area contributed by atoms with Gasteiger partial charge in [-0.25, -0.2) is 0 Å². The van der Waals surface area contributed by atoms with E-state index in [1.54, 1.807) is 0 Å². The molecule has 0 bridgehead atoms. The molecule has 0 saturated heterocycles. The van der Waals surface area contributed by atoms with Gasteiger partial charge in [-0.2, -0.15) is 0 Å². The normalized spacial score (nSPS) is 24.8. The average molecular weight is 234 g/mol. The van der Waals surface area contributed by atoms with Gasteiger partial charge in [-0.15, -0.1) is 0 Å². The van der Waals surface area contributed by atoms with Crippen molar-refractivity contribution in [2.45, 2.75) is 45.3 Å². The van der Waals surface area contributed by atoms with Gasteiger partial charge in [-0.3, -0.25) is 4.98 Å². The summed E-state index contributed by atoms with van der Waals surface area (Å²) in [7, 11) is 0. The Morgan fingerprint density at radius 2 is 2.24 bits per heavy atom. The van der Waals surface area contributed by atoms with Gasteiger partial charge in [-0.05, 0) is 43.9 Å². The van der Waals surface area contributed by atoms with E-state index in [4.69, 9.17) is 10.5 Å². The van der Waals surface area contributed by atoms with Gasteiger partial charge in [0.15, 0.2) is 0 Å². The number of nitrogens with two attached hydrogens (primary N) is 1. The van der Waals surface area contributed by atoms with Crippen LogP contribution in [0.15, 0.2) is 18.3 Å². The monoisotopic (exact) mass is 234 g/mol. The maximum absolute atomic E-state index is 6.01. The van der Waals surface area contributed by atoms with Gasteiger partial charge in [0.2, 0.25) is 0 Å². The van der Waals surface area contributed by atoms with Crippen LogP contribution in [0, 0.1) is 12.8 Å². The van der Waals surface area contributed by atoms with Crippen LogP contribution in [0.5, 0.6) is 0 Å². The molecule has 0 aromatic carbocycles. The molecule has 1 aromatic heterocycles. The molecule has 1 saturated carbocycles. The molecule has 1 aliphatic rings. The Bertz CT molecular complexity index is 354. The fourth-order valence-electron chi connectivity index (χ4n) is 2.52. The lowest BCUT2D eigenvalue weighted by molar-refractivity contribution is -0.0197. The van der Waals surface area contributed by atoms with Gasteiger partial charge >= 0.3 is 0 Å². The van der Waals surface area contributed by atoms with Gasteiger partial charge < -0.3 is 10.5 Å². The summed E-state index contributed by atoms with van der Waals surface area (Å²) in [4.78, 5) is 4.36. The van der Waals surface area contributed by atoms with Crippen molar-refractivity contribution in [2.75, 3.05) is 6.54 Å². The third kappa shape index (κ3) is 3.27. The second-order valence-electron chi connectivity index (χ2n) is 4.90. The van der Waals surface area contributed by atoms with Crippen LogP contribution in [0.4, 0.5) is 0 Å². The number of ether oxygens (including phenoxy) is 1. The van der Waals surface area contributed by atoms with E-state index in [9.17, 15) is 0 Å². The van der Waals surface area contributed by atoms with Crippen molar-refractivity contribution in [2.24, 2.45) is 11.7 Å². The smallest absolute Gasteiger partial charge is 0.0894 e. The predicted octanol–water partition coefficient (Wildman–Crippen LogP) is 2.42. The zero-order valence-corrected chi connectivity index (χ0v) is 10.6. The van der Waals surface area contributed by atoms with E-state index in [0.717, 1.165) is 18.7 Å². The number of nitrogens with zero attached hydrogens (tertiary/aromatic N) is 1. The lowest BCUT2D eigenvalue weighted by Gasteiger charge is -2.30. The zero-order valence-electron chi connectivity index (χ0n) is 10.6. The van der Waals surface area contributed by atoms with E-state index in [1.807, 2.05) is 12.3 Å². The number of aromatic nitrogens is 1. The van der Waals surface area contributed by atoms with Crippen LogP contribution in [0.25, 0.3) is 0 Å². The summed E-state index contributed by atoms with van der Waals surface area (Å²) in [6, 6.07) is 4.04. The minimum Gasteiger partial charge on any atom is -0.372 e. The zero-order chi connectivity index (χ0) is 12.1. The molecule has 1 aliphatic carbocycles. The van der Waals surface area contributed by atoms with Crippen molar-refractivity contribution in [1.82, 2.24) is 4.98 Å². The SMILES string of the molecule is Cc1cccnc1COC1CCCCC1CN. The van der Waals surface area contributed by atoms with Crippen LogP contribution >= 0.6 is 0 Å². The molecule has 2 rings (SSSR count). The minimum absolute atomic E-state index is 0.329. The van der Waals surface area contributed by atoms with E-state index in [2.05, 4.69) is 18.0 Å². The highest BCUT2D eigenvalue weighted by molar-refractivity contribution is 5.16. The molecule has 1 fully saturated rings. The first kappa shape index (κ1) is 12.5. The fourth-order valence-corrected chi connectivity index (χ4v) is 2.52. The summed E-state index contributed by atoms with van der Waals surface area (Å²) in [5, 5.41) is 0. The summed E-state index contributed by atoms with van der Waals surface area (Å²) in [5.74, 6) is 0.535.